The monoisotopic (exact) mass is 386 g/mol. The van der Waals surface area contributed by atoms with Crippen LogP contribution in [0.5, 0.6) is 5.75 Å². The maximum absolute atomic E-state index is 12.2. The summed E-state index contributed by atoms with van der Waals surface area (Å²) in [5.41, 5.74) is 0.351. The lowest BCUT2D eigenvalue weighted by atomic mass is 10.1. The van der Waals surface area contributed by atoms with Crippen LogP contribution in [-0.4, -0.2) is 22.1 Å². The van der Waals surface area contributed by atoms with Crippen LogP contribution in [0.4, 0.5) is 5.69 Å². The summed E-state index contributed by atoms with van der Waals surface area (Å²) < 4.78 is 0.421. The van der Waals surface area contributed by atoms with Crippen molar-refractivity contribution < 1.29 is 19.8 Å². The van der Waals surface area contributed by atoms with Crippen molar-refractivity contribution in [2.45, 2.75) is 0 Å². The molecule has 120 valence electrons. The summed E-state index contributed by atoms with van der Waals surface area (Å²) in [6, 6.07) is 12.2. The van der Waals surface area contributed by atoms with Gasteiger partial charge in [-0.15, -0.1) is 0 Å². The molecule has 1 amide bonds. The number of carboxylic acid groups (broad SMARTS) is 1. The first kappa shape index (κ1) is 17.2. The number of anilines is 1. The van der Waals surface area contributed by atoms with Crippen molar-refractivity contribution in [2.75, 3.05) is 5.32 Å². The number of para-hydroxylation sites is 1. The average molecular weight is 387 g/mol. The lowest BCUT2D eigenvalue weighted by molar-refractivity contribution is -0.112. The number of phenols is 1. The number of nitrogens with zero attached hydrogens (tertiary/aromatic N) is 1. The summed E-state index contributed by atoms with van der Waals surface area (Å²) in [7, 11) is 0. The molecule has 0 saturated carbocycles. The summed E-state index contributed by atoms with van der Waals surface area (Å²) in [6.07, 6.45) is 1.34. The van der Waals surface area contributed by atoms with Crippen molar-refractivity contribution in [1.82, 2.24) is 0 Å². The maximum Gasteiger partial charge on any atom is 0.337 e. The van der Waals surface area contributed by atoms with E-state index in [1.165, 1.54) is 36.4 Å². The molecule has 0 aliphatic carbocycles. The Labute approximate surface area is 145 Å². The van der Waals surface area contributed by atoms with E-state index in [1.54, 1.807) is 18.2 Å². The van der Waals surface area contributed by atoms with Crippen molar-refractivity contribution in [3.05, 3.63) is 63.6 Å². The fraction of sp³-hybridized carbons (Fsp3) is 0. The van der Waals surface area contributed by atoms with Crippen molar-refractivity contribution in [1.29, 1.82) is 5.26 Å². The van der Waals surface area contributed by atoms with Crippen LogP contribution >= 0.6 is 15.9 Å². The number of amides is 1. The molecule has 2 aromatic rings. The first-order valence-corrected chi connectivity index (χ1v) is 7.45. The number of carbonyl (C=O) groups excluding carboxylic acids is 1. The average Bonchev–Trinajstić information content (AvgIpc) is 2.56. The number of benzene rings is 2. The molecule has 2 rings (SSSR count). The number of aromatic hydroxyl groups is 1. The highest BCUT2D eigenvalue weighted by Crippen LogP contribution is 2.25. The first-order chi connectivity index (χ1) is 11.4. The molecule has 24 heavy (non-hydrogen) atoms. The number of carboxylic acids is 1. The molecule has 3 N–H and O–H groups in total. The van der Waals surface area contributed by atoms with Crippen molar-refractivity contribution >= 4 is 39.6 Å². The van der Waals surface area contributed by atoms with Crippen LogP contribution in [0.15, 0.2) is 52.5 Å². The summed E-state index contributed by atoms with van der Waals surface area (Å²) >= 11 is 3.15. The van der Waals surface area contributed by atoms with Gasteiger partial charge in [0.1, 0.15) is 17.4 Å². The molecule has 0 unspecified atom stereocenters. The van der Waals surface area contributed by atoms with Crippen LogP contribution in [0, 0.1) is 11.3 Å². The fourth-order valence-electron chi connectivity index (χ4n) is 1.90. The van der Waals surface area contributed by atoms with E-state index in [9.17, 15) is 20.0 Å². The van der Waals surface area contributed by atoms with E-state index in [0.717, 1.165) is 0 Å². The minimum absolute atomic E-state index is 0.0329. The van der Waals surface area contributed by atoms with E-state index >= 15 is 0 Å². The van der Waals surface area contributed by atoms with E-state index in [1.807, 2.05) is 0 Å². The Morgan fingerprint density at radius 2 is 1.92 bits per heavy atom. The van der Waals surface area contributed by atoms with Crippen LogP contribution in [0.1, 0.15) is 15.9 Å². The molecule has 0 radical (unpaired) electrons. The third-order valence-corrected chi connectivity index (χ3v) is 3.69. The Morgan fingerprint density at radius 3 is 2.54 bits per heavy atom. The van der Waals surface area contributed by atoms with Crippen molar-refractivity contribution in [3.63, 3.8) is 0 Å². The molecule has 0 aliphatic heterocycles. The summed E-state index contributed by atoms with van der Waals surface area (Å²) in [6.45, 7) is 0. The smallest absolute Gasteiger partial charge is 0.337 e. The molecule has 0 aliphatic rings. The summed E-state index contributed by atoms with van der Waals surface area (Å²) in [5, 5.41) is 30.2. The van der Waals surface area contributed by atoms with Crippen LogP contribution in [0.25, 0.3) is 6.08 Å². The highest BCUT2D eigenvalue weighted by atomic mass is 79.9. The number of nitrogens with one attached hydrogen (secondary N) is 1. The van der Waals surface area contributed by atoms with Gasteiger partial charge in [0.2, 0.25) is 0 Å². The normalized spacial score (nSPS) is 10.8. The predicted molar refractivity (Wildman–Crippen MR) is 91.4 cm³/mol. The fourth-order valence-corrected chi connectivity index (χ4v) is 2.29. The highest BCUT2D eigenvalue weighted by molar-refractivity contribution is 9.10. The second kappa shape index (κ2) is 7.44. The number of halogens is 1. The maximum atomic E-state index is 12.2. The number of hydrogen-bond donors (Lipinski definition) is 3. The third kappa shape index (κ3) is 4.00. The molecule has 6 nitrogen and oxygen atoms in total. The minimum Gasteiger partial charge on any atom is -0.507 e. The van der Waals surface area contributed by atoms with Crippen LogP contribution < -0.4 is 5.32 Å². The molecular formula is C17H11BrN2O4. The summed E-state index contributed by atoms with van der Waals surface area (Å²) in [5.74, 6) is -1.88. The quantitative estimate of drug-likeness (QED) is 0.550. The van der Waals surface area contributed by atoms with E-state index in [2.05, 4.69) is 21.2 Å². The molecule has 0 saturated heterocycles. The van der Waals surface area contributed by atoms with Crippen LogP contribution in [-0.2, 0) is 4.79 Å². The van der Waals surface area contributed by atoms with Crippen molar-refractivity contribution in [3.8, 4) is 11.8 Å². The lowest BCUT2D eigenvalue weighted by Crippen LogP contribution is -2.16. The molecule has 7 heteroatoms. The van der Waals surface area contributed by atoms with E-state index in [0.29, 0.717) is 10.0 Å². The van der Waals surface area contributed by atoms with Gasteiger partial charge < -0.3 is 15.5 Å². The van der Waals surface area contributed by atoms with Gasteiger partial charge in [-0.2, -0.15) is 5.26 Å². The Balaban J connectivity index is 2.30. The topological polar surface area (TPSA) is 110 Å². The predicted octanol–water partition coefficient (Wildman–Crippen LogP) is 3.40. The molecule has 0 fully saturated rings. The number of rotatable bonds is 4. The lowest BCUT2D eigenvalue weighted by Gasteiger charge is -2.07. The molecule has 0 spiro atoms. The highest BCUT2D eigenvalue weighted by Gasteiger charge is 2.15. The second-order valence-electron chi connectivity index (χ2n) is 4.69. The van der Waals surface area contributed by atoms with E-state index < -0.39 is 11.9 Å². The van der Waals surface area contributed by atoms with Gasteiger partial charge in [0.25, 0.3) is 5.91 Å². The van der Waals surface area contributed by atoms with Gasteiger partial charge in [-0.3, -0.25) is 4.79 Å². The van der Waals surface area contributed by atoms with E-state index in [4.69, 9.17) is 5.11 Å². The van der Waals surface area contributed by atoms with Gasteiger partial charge in [0.05, 0.1) is 15.7 Å². The van der Waals surface area contributed by atoms with Gasteiger partial charge in [0.15, 0.2) is 0 Å². The molecule has 2 aromatic carbocycles. The second-order valence-corrected chi connectivity index (χ2v) is 5.54. The number of aromatic carboxylic acids is 1. The first-order valence-electron chi connectivity index (χ1n) is 6.66. The summed E-state index contributed by atoms with van der Waals surface area (Å²) in [4.78, 5) is 23.4. The van der Waals surface area contributed by atoms with Crippen LogP contribution in [0.2, 0.25) is 0 Å². The Bertz CT molecular complexity index is 884. The van der Waals surface area contributed by atoms with Gasteiger partial charge in [-0.25, -0.2) is 4.79 Å². The van der Waals surface area contributed by atoms with Gasteiger partial charge >= 0.3 is 5.97 Å². The zero-order valence-electron chi connectivity index (χ0n) is 12.2. The standard InChI is InChI=1S/C17H11BrN2O4/c18-13-8-10(5-6-15(13)21)7-11(9-19)16(22)20-14-4-2-1-3-12(14)17(23)24/h1-8,21H,(H,20,22)(H,23,24)/b11-7+. The molecule has 0 aromatic heterocycles. The SMILES string of the molecule is N#C/C(=C\c1ccc(O)c(Br)c1)C(=O)Nc1ccccc1C(=O)O. The Kier molecular flexibility index (Phi) is 5.35. The van der Waals surface area contributed by atoms with E-state index in [-0.39, 0.29) is 22.6 Å². The third-order valence-electron chi connectivity index (χ3n) is 3.05. The van der Waals surface area contributed by atoms with Gasteiger partial charge in [-0.1, -0.05) is 18.2 Å². The Hall–Kier alpha value is -3.11. The number of nitriles is 1. The molecule has 0 bridgehead atoms. The Morgan fingerprint density at radius 1 is 1.21 bits per heavy atom. The molecule has 0 atom stereocenters. The largest absolute Gasteiger partial charge is 0.507 e. The van der Waals surface area contributed by atoms with Gasteiger partial charge in [0, 0.05) is 0 Å². The molecular weight excluding hydrogens is 376 g/mol. The number of phenolic OH excluding ortho intramolecular Hbond substituents is 1. The number of hydrogen-bond acceptors (Lipinski definition) is 4. The van der Waals surface area contributed by atoms with Crippen LogP contribution in [0.3, 0.4) is 0 Å². The number of carbonyl (C=O) groups is 2. The zero-order valence-corrected chi connectivity index (χ0v) is 13.7. The van der Waals surface area contributed by atoms with Gasteiger partial charge in [-0.05, 0) is 51.8 Å². The minimum atomic E-state index is -1.18. The molecule has 0 heterocycles. The van der Waals surface area contributed by atoms with Crippen molar-refractivity contribution in [2.24, 2.45) is 0 Å². The zero-order chi connectivity index (χ0) is 17.7.